The molecule has 2 N–H and O–H groups in total. The Hall–Kier alpha value is -1.55. The van der Waals surface area contributed by atoms with Gasteiger partial charge in [0.15, 0.2) is 0 Å². The molecule has 0 saturated heterocycles. The fourth-order valence-electron chi connectivity index (χ4n) is 1.82. The Balaban J connectivity index is 2.43. The number of carbonyl (C=O) groups excluding carboxylic acids is 1. The highest BCUT2D eigenvalue weighted by atomic mass is 16.5. The van der Waals surface area contributed by atoms with E-state index in [0.29, 0.717) is 13.0 Å². The SMILES string of the molecule is Cc1ccc(C)c(OCCCC(C)(C)C(=O)NO)c1. The third-order valence-electron chi connectivity index (χ3n) is 3.26. The lowest BCUT2D eigenvalue weighted by atomic mass is 9.87. The first kappa shape index (κ1) is 15.5. The predicted octanol–water partition coefficient (Wildman–Crippen LogP) is 2.99. The maximum Gasteiger partial charge on any atom is 0.248 e. The molecule has 0 atom stereocenters. The van der Waals surface area contributed by atoms with E-state index < -0.39 is 5.41 Å². The van der Waals surface area contributed by atoms with Gasteiger partial charge in [0.1, 0.15) is 5.75 Å². The van der Waals surface area contributed by atoms with E-state index in [1.54, 1.807) is 19.3 Å². The van der Waals surface area contributed by atoms with Crippen LogP contribution in [0.2, 0.25) is 0 Å². The minimum Gasteiger partial charge on any atom is -0.493 e. The van der Waals surface area contributed by atoms with Crippen LogP contribution >= 0.6 is 0 Å². The maximum absolute atomic E-state index is 11.4. The molecule has 1 rings (SSSR count). The molecule has 0 spiro atoms. The van der Waals surface area contributed by atoms with Crippen molar-refractivity contribution in [3.8, 4) is 5.75 Å². The molecule has 4 heteroatoms. The van der Waals surface area contributed by atoms with Crippen molar-refractivity contribution < 1.29 is 14.7 Å². The molecule has 19 heavy (non-hydrogen) atoms. The van der Waals surface area contributed by atoms with Gasteiger partial charge in [0, 0.05) is 5.41 Å². The van der Waals surface area contributed by atoms with Gasteiger partial charge in [-0.3, -0.25) is 10.0 Å². The van der Waals surface area contributed by atoms with Crippen molar-refractivity contribution >= 4 is 5.91 Å². The normalized spacial score (nSPS) is 11.2. The molecule has 0 radical (unpaired) electrons. The predicted molar refractivity (Wildman–Crippen MR) is 74.4 cm³/mol. The van der Waals surface area contributed by atoms with Gasteiger partial charge in [-0.2, -0.15) is 0 Å². The Bertz CT molecular complexity index is 441. The zero-order chi connectivity index (χ0) is 14.5. The van der Waals surface area contributed by atoms with E-state index in [-0.39, 0.29) is 5.91 Å². The molecule has 0 heterocycles. The van der Waals surface area contributed by atoms with Crippen LogP contribution in [0.1, 0.15) is 37.8 Å². The highest BCUT2D eigenvalue weighted by molar-refractivity contribution is 5.80. The summed E-state index contributed by atoms with van der Waals surface area (Å²) in [6.45, 7) is 8.21. The Morgan fingerprint density at radius 2 is 2.05 bits per heavy atom. The molecule has 1 amide bonds. The van der Waals surface area contributed by atoms with Crippen LogP contribution in [0.15, 0.2) is 18.2 Å². The lowest BCUT2D eigenvalue weighted by Crippen LogP contribution is -2.35. The molecule has 0 unspecified atom stereocenters. The summed E-state index contributed by atoms with van der Waals surface area (Å²) < 4.78 is 5.73. The third kappa shape index (κ3) is 4.56. The average molecular weight is 265 g/mol. The summed E-state index contributed by atoms with van der Waals surface area (Å²) in [6.07, 6.45) is 1.41. The molecule has 1 aromatic carbocycles. The average Bonchev–Trinajstić information content (AvgIpc) is 2.37. The number of benzene rings is 1. The van der Waals surface area contributed by atoms with Crippen LogP contribution in [0.25, 0.3) is 0 Å². The highest BCUT2D eigenvalue weighted by Crippen LogP contribution is 2.23. The van der Waals surface area contributed by atoms with Gasteiger partial charge in [-0.05, 0) is 43.9 Å². The van der Waals surface area contributed by atoms with Crippen LogP contribution in [0.3, 0.4) is 0 Å². The summed E-state index contributed by atoms with van der Waals surface area (Å²) in [5.41, 5.74) is 3.39. The van der Waals surface area contributed by atoms with E-state index in [2.05, 4.69) is 6.07 Å². The van der Waals surface area contributed by atoms with Crippen LogP contribution in [0, 0.1) is 19.3 Å². The topological polar surface area (TPSA) is 58.6 Å². The molecule has 0 aliphatic heterocycles. The summed E-state index contributed by atoms with van der Waals surface area (Å²) in [7, 11) is 0. The largest absolute Gasteiger partial charge is 0.493 e. The third-order valence-corrected chi connectivity index (χ3v) is 3.26. The second-order valence-corrected chi connectivity index (χ2v) is 5.55. The first-order chi connectivity index (χ1) is 8.86. The number of carbonyl (C=O) groups is 1. The van der Waals surface area contributed by atoms with Crippen molar-refractivity contribution in [2.45, 2.75) is 40.5 Å². The van der Waals surface area contributed by atoms with Crippen LogP contribution < -0.4 is 10.2 Å². The summed E-state index contributed by atoms with van der Waals surface area (Å²) in [6, 6.07) is 6.10. The van der Waals surface area contributed by atoms with Gasteiger partial charge in [-0.15, -0.1) is 0 Å². The Labute approximate surface area is 114 Å². The first-order valence-corrected chi connectivity index (χ1v) is 6.51. The van der Waals surface area contributed by atoms with Gasteiger partial charge in [0.25, 0.3) is 0 Å². The lowest BCUT2D eigenvalue weighted by molar-refractivity contribution is -0.138. The number of hydroxylamine groups is 1. The first-order valence-electron chi connectivity index (χ1n) is 6.51. The molecule has 0 bridgehead atoms. The molecule has 0 fully saturated rings. The minimum atomic E-state index is -0.584. The van der Waals surface area contributed by atoms with E-state index >= 15 is 0 Å². The second kappa shape index (κ2) is 6.57. The molecular formula is C15H23NO3. The van der Waals surface area contributed by atoms with Crippen molar-refractivity contribution in [2.24, 2.45) is 5.41 Å². The van der Waals surface area contributed by atoms with E-state index in [0.717, 1.165) is 17.7 Å². The van der Waals surface area contributed by atoms with Crippen LogP contribution in [0.4, 0.5) is 0 Å². The van der Waals surface area contributed by atoms with Crippen molar-refractivity contribution in [3.63, 3.8) is 0 Å². The number of hydrogen-bond donors (Lipinski definition) is 2. The fraction of sp³-hybridized carbons (Fsp3) is 0.533. The van der Waals surface area contributed by atoms with Crippen molar-refractivity contribution in [2.75, 3.05) is 6.61 Å². The number of ether oxygens (including phenoxy) is 1. The monoisotopic (exact) mass is 265 g/mol. The highest BCUT2D eigenvalue weighted by Gasteiger charge is 2.26. The standard InChI is InChI=1S/C15H23NO3/c1-11-6-7-12(2)13(10-11)19-9-5-8-15(3,4)14(17)16-18/h6-7,10,18H,5,8-9H2,1-4H3,(H,16,17). The van der Waals surface area contributed by atoms with Gasteiger partial charge >= 0.3 is 0 Å². The summed E-state index contributed by atoms with van der Waals surface area (Å²) in [4.78, 5) is 11.4. The van der Waals surface area contributed by atoms with Gasteiger partial charge in [-0.25, -0.2) is 5.48 Å². The fourth-order valence-corrected chi connectivity index (χ4v) is 1.82. The number of nitrogens with one attached hydrogen (secondary N) is 1. The summed E-state index contributed by atoms with van der Waals surface area (Å²) in [5, 5.41) is 8.64. The maximum atomic E-state index is 11.4. The Kier molecular flexibility index (Phi) is 5.36. The lowest BCUT2D eigenvalue weighted by Gasteiger charge is -2.21. The minimum absolute atomic E-state index is 0.362. The number of aryl methyl sites for hydroxylation is 2. The Morgan fingerprint density at radius 1 is 1.37 bits per heavy atom. The van der Waals surface area contributed by atoms with Crippen molar-refractivity contribution in [3.05, 3.63) is 29.3 Å². The van der Waals surface area contributed by atoms with Crippen LogP contribution in [-0.4, -0.2) is 17.7 Å². The van der Waals surface area contributed by atoms with Gasteiger partial charge < -0.3 is 4.74 Å². The molecule has 0 aromatic heterocycles. The number of hydrogen-bond acceptors (Lipinski definition) is 3. The van der Waals surface area contributed by atoms with Crippen LogP contribution in [0.5, 0.6) is 5.75 Å². The van der Waals surface area contributed by atoms with Gasteiger partial charge in [-0.1, -0.05) is 26.0 Å². The molecule has 0 saturated carbocycles. The number of amides is 1. The molecule has 0 aliphatic rings. The van der Waals surface area contributed by atoms with Gasteiger partial charge in [0.05, 0.1) is 6.61 Å². The van der Waals surface area contributed by atoms with Crippen LogP contribution in [-0.2, 0) is 4.79 Å². The van der Waals surface area contributed by atoms with Crippen molar-refractivity contribution in [1.29, 1.82) is 0 Å². The summed E-state index contributed by atoms with van der Waals surface area (Å²) in [5.74, 6) is 0.531. The molecule has 1 aromatic rings. The quantitative estimate of drug-likeness (QED) is 0.472. The number of rotatable bonds is 6. The molecule has 106 valence electrons. The zero-order valence-corrected chi connectivity index (χ0v) is 12.1. The van der Waals surface area contributed by atoms with E-state index in [4.69, 9.17) is 9.94 Å². The summed E-state index contributed by atoms with van der Waals surface area (Å²) >= 11 is 0. The second-order valence-electron chi connectivity index (χ2n) is 5.55. The molecule has 0 aliphatic carbocycles. The van der Waals surface area contributed by atoms with Crippen molar-refractivity contribution in [1.82, 2.24) is 5.48 Å². The smallest absolute Gasteiger partial charge is 0.248 e. The van der Waals surface area contributed by atoms with E-state index in [1.807, 2.05) is 26.0 Å². The molecule has 4 nitrogen and oxygen atoms in total. The van der Waals surface area contributed by atoms with Gasteiger partial charge in [0.2, 0.25) is 5.91 Å². The van der Waals surface area contributed by atoms with E-state index in [9.17, 15) is 4.79 Å². The zero-order valence-electron chi connectivity index (χ0n) is 12.1. The Morgan fingerprint density at radius 3 is 2.68 bits per heavy atom. The molecular weight excluding hydrogens is 242 g/mol. The van der Waals surface area contributed by atoms with E-state index in [1.165, 1.54) is 5.56 Å².